The lowest BCUT2D eigenvalue weighted by atomic mass is 10.3. The third kappa shape index (κ3) is 3.60. The molecular weight excluding hydrogens is 288 g/mol. The molecule has 1 aromatic carbocycles. The van der Waals surface area contributed by atoms with E-state index < -0.39 is 10.0 Å². The molecule has 0 amide bonds. The van der Waals surface area contributed by atoms with Crippen LogP contribution in [0.1, 0.15) is 13.3 Å². The highest BCUT2D eigenvalue weighted by atomic mass is 35.5. The molecule has 7 heteroatoms. The van der Waals surface area contributed by atoms with Gasteiger partial charge in [-0.3, -0.25) is 0 Å². The molecule has 1 heterocycles. The van der Waals surface area contributed by atoms with Gasteiger partial charge in [0.05, 0.1) is 11.5 Å². The molecule has 19 heavy (non-hydrogen) atoms. The molecule has 1 aromatic rings. The molecule has 2 rings (SSSR count). The van der Waals surface area contributed by atoms with Crippen molar-refractivity contribution in [1.82, 2.24) is 4.31 Å². The SMILES string of the molecule is CCOc1ccc(S(=O)(=O)N2CCC(N)C2)cc1.Cl. The van der Waals surface area contributed by atoms with Crippen LogP contribution in [0.4, 0.5) is 0 Å². The van der Waals surface area contributed by atoms with Crippen molar-refractivity contribution in [1.29, 1.82) is 0 Å². The van der Waals surface area contributed by atoms with Crippen LogP contribution < -0.4 is 10.5 Å². The standard InChI is InChI=1S/C12H18N2O3S.ClH/c1-2-17-11-3-5-12(6-4-11)18(15,16)14-8-7-10(13)9-14;/h3-6,10H,2,7-9,13H2,1H3;1H. The van der Waals surface area contributed by atoms with E-state index in [2.05, 4.69) is 0 Å². The first-order valence-corrected chi connectivity index (χ1v) is 7.46. The fraction of sp³-hybridized carbons (Fsp3) is 0.500. The smallest absolute Gasteiger partial charge is 0.243 e. The van der Waals surface area contributed by atoms with Crippen LogP contribution >= 0.6 is 12.4 Å². The molecular formula is C12H19ClN2O3S. The zero-order valence-electron chi connectivity index (χ0n) is 10.8. The van der Waals surface area contributed by atoms with Gasteiger partial charge >= 0.3 is 0 Å². The maximum atomic E-state index is 12.3. The van der Waals surface area contributed by atoms with Crippen LogP contribution in [-0.2, 0) is 10.0 Å². The Morgan fingerprint density at radius 1 is 1.37 bits per heavy atom. The molecule has 2 N–H and O–H groups in total. The molecule has 0 saturated carbocycles. The van der Waals surface area contributed by atoms with E-state index in [0.29, 0.717) is 30.3 Å². The number of rotatable bonds is 4. The van der Waals surface area contributed by atoms with Gasteiger partial charge in [-0.25, -0.2) is 8.42 Å². The Bertz CT molecular complexity index is 504. The highest BCUT2D eigenvalue weighted by molar-refractivity contribution is 7.89. The molecule has 1 fully saturated rings. The lowest BCUT2D eigenvalue weighted by Gasteiger charge is -2.16. The van der Waals surface area contributed by atoms with Crippen LogP contribution in [0.15, 0.2) is 29.2 Å². The Labute approximate surface area is 120 Å². The summed E-state index contributed by atoms with van der Waals surface area (Å²) in [6.45, 7) is 3.34. The van der Waals surface area contributed by atoms with Crippen molar-refractivity contribution in [2.75, 3.05) is 19.7 Å². The van der Waals surface area contributed by atoms with E-state index in [9.17, 15) is 8.42 Å². The second-order valence-electron chi connectivity index (χ2n) is 4.32. The number of hydrogen-bond acceptors (Lipinski definition) is 4. The molecule has 0 bridgehead atoms. The number of ether oxygens (including phenoxy) is 1. The number of hydrogen-bond donors (Lipinski definition) is 1. The largest absolute Gasteiger partial charge is 0.494 e. The van der Waals surface area contributed by atoms with Gasteiger partial charge < -0.3 is 10.5 Å². The monoisotopic (exact) mass is 306 g/mol. The van der Waals surface area contributed by atoms with Crippen LogP contribution in [0.25, 0.3) is 0 Å². The summed E-state index contributed by atoms with van der Waals surface area (Å²) in [7, 11) is -3.41. The van der Waals surface area contributed by atoms with Crippen LogP contribution in [-0.4, -0.2) is 38.5 Å². The van der Waals surface area contributed by atoms with E-state index in [1.54, 1.807) is 24.3 Å². The van der Waals surface area contributed by atoms with Gasteiger partial charge in [0.15, 0.2) is 0 Å². The number of sulfonamides is 1. The Kier molecular flexibility index (Phi) is 5.61. The highest BCUT2D eigenvalue weighted by Gasteiger charge is 2.30. The molecule has 1 saturated heterocycles. The van der Waals surface area contributed by atoms with E-state index >= 15 is 0 Å². The Hall–Kier alpha value is -0.820. The molecule has 1 unspecified atom stereocenters. The maximum Gasteiger partial charge on any atom is 0.243 e. The third-order valence-electron chi connectivity index (χ3n) is 2.96. The Morgan fingerprint density at radius 2 is 2.00 bits per heavy atom. The normalized spacial score (nSPS) is 20.0. The van der Waals surface area contributed by atoms with E-state index in [4.69, 9.17) is 10.5 Å². The first-order valence-electron chi connectivity index (χ1n) is 6.02. The first-order chi connectivity index (χ1) is 8.54. The van der Waals surface area contributed by atoms with Crippen LogP contribution in [0.3, 0.4) is 0 Å². The van der Waals surface area contributed by atoms with Crippen molar-refractivity contribution in [2.45, 2.75) is 24.3 Å². The van der Waals surface area contributed by atoms with Crippen molar-refractivity contribution in [2.24, 2.45) is 5.73 Å². The molecule has 1 aliphatic rings. The number of benzene rings is 1. The van der Waals surface area contributed by atoms with E-state index in [0.717, 1.165) is 6.42 Å². The molecule has 0 aromatic heterocycles. The van der Waals surface area contributed by atoms with E-state index in [1.807, 2.05) is 6.92 Å². The average Bonchev–Trinajstić information content (AvgIpc) is 2.78. The zero-order valence-corrected chi connectivity index (χ0v) is 12.4. The number of nitrogens with zero attached hydrogens (tertiary/aromatic N) is 1. The minimum atomic E-state index is -3.41. The van der Waals surface area contributed by atoms with Crippen LogP contribution in [0.5, 0.6) is 5.75 Å². The summed E-state index contributed by atoms with van der Waals surface area (Å²) in [5.41, 5.74) is 5.74. The van der Waals surface area contributed by atoms with Gasteiger partial charge in [0.25, 0.3) is 0 Å². The zero-order chi connectivity index (χ0) is 13.2. The summed E-state index contributed by atoms with van der Waals surface area (Å²) >= 11 is 0. The predicted octanol–water partition coefficient (Wildman–Crippen LogP) is 1.23. The fourth-order valence-electron chi connectivity index (χ4n) is 2.00. The molecule has 1 aliphatic heterocycles. The number of nitrogens with two attached hydrogens (primary N) is 1. The van der Waals surface area contributed by atoms with Crippen molar-refractivity contribution in [3.63, 3.8) is 0 Å². The topological polar surface area (TPSA) is 72.6 Å². The van der Waals surface area contributed by atoms with Crippen molar-refractivity contribution >= 4 is 22.4 Å². The van der Waals surface area contributed by atoms with Gasteiger partial charge in [0.2, 0.25) is 10.0 Å². The molecule has 5 nitrogen and oxygen atoms in total. The maximum absolute atomic E-state index is 12.3. The van der Waals surface area contributed by atoms with Crippen molar-refractivity contribution in [3.05, 3.63) is 24.3 Å². The molecule has 0 radical (unpaired) electrons. The summed E-state index contributed by atoms with van der Waals surface area (Å²) in [6.07, 6.45) is 0.719. The van der Waals surface area contributed by atoms with Crippen molar-refractivity contribution < 1.29 is 13.2 Å². The third-order valence-corrected chi connectivity index (χ3v) is 4.84. The van der Waals surface area contributed by atoms with Crippen LogP contribution in [0.2, 0.25) is 0 Å². The quantitative estimate of drug-likeness (QED) is 0.908. The minimum absolute atomic E-state index is 0. The molecule has 108 valence electrons. The van der Waals surface area contributed by atoms with Gasteiger partial charge in [0, 0.05) is 19.1 Å². The second-order valence-corrected chi connectivity index (χ2v) is 6.25. The van der Waals surface area contributed by atoms with Gasteiger partial charge in [-0.05, 0) is 37.6 Å². The Morgan fingerprint density at radius 3 is 2.47 bits per heavy atom. The molecule has 0 spiro atoms. The van der Waals surface area contributed by atoms with E-state index in [1.165, 1.54) is 4.31 Å². The summed E-state index contributed by atoms with van der Waals surface area (Å²) in [5, 5.41) is 0. The van der Waals surface area contributed by atoms with Gasteiger partial charge in [-0.15, -0.1) is 12.4 Å². The lowest BCUT2D eigenvalue weighted by Crippen LogP contribution is -2.31. The lowest BCUT2D eigenvalue weighted by molar-refractivity contribution is 0.340. The van der Waals surface area contributed by atoms with Gasteiger partial charge in [-0.1, -0.05) is 0 Å². The second kappa shape index (κ2) is 6.56. The molecule has 0 aliphatic carbocycles. The van der Waals surface area contributed by atoms with Crippen LogP contribution in [0, 0.1) is 0 Å². The predicted molar refractivity (Wildman–Crippen MR) is 76.2 cm³/mol. The van der Waals surface area contributed by atoms with Gasteiger partial charge in [-0.2, -0.15) is 4.31 Å². The number of halogens is 1. The van der Waals surface area contributed by atoms with Gasteiger partial charge in [0.1, 0.15) is 5.75 Å². The summed E-state index contributed by atoms with van der Waals surface area (Å²) in [4.78, 5) is 0.292. The average molecular weight is 307 g/mol. The Balaban J connectivity index is 0.00000180. The minimum Gasteiger partial charge on any atom is -0.494 e. The van der Waals surface area contributed by atoms with E-state index in [-0.39, 0.29) is 18.4 Å². The van der Waals surface area contributed by atoms with Crippen molar-refractivity contribution in [3.8, 4) is 5.75 Å². The summed E-state index contributed by atoms with van der Waals surface area (Å²) in [5.74, 6) is 0.676. The molecule has 1 atom stereocenters. The fourth-order valence-corrected chi connectivity index (χ4v) is 3.51. The summed E-state index contributed by atoms with van der Waals surface area (Å²) in [6, 6.07) is 6.44. The first kappa shape index (κ1) is 16.2. The highest BCUT2D eigenvalue weighted by Crippen LogP contribution is 2.22. The summed E-state index contributed by atoms with van der Waals surface area (Å²) < 4.78 is 31.3.